The smallest absolute Gasteiger partial charge is 0.274 e. The summed E-state index contributed by atoms with van der Waals surface area (Å²) >= 11 is 5.81. The van der Waals surface area contributed by atoms with E-state index >= 15 is 0 Å². The molecule has 0 fully saturated rings. The predicted molar refractivity (Wildman–Crippen MR) is 77.8 cm³/mol. The fourth-order valence-electron chi connectivity index (χ4n) is 1.76. The van der Waals surface area contributed by atoms with Crippen molar-refractivity contribution in [2.24, 2.45) is 5.73 Å². The number of aliphatic hydroxyl groups is 1. The number of hydrogen-bond donors (Lipinski definition) is 2. The van der Waals surface area contributed by atoms with Crippen LogP contribution in [0.3, 0.4) is 0 Å². The average Bonchev–Trinajstić information content (AvgIpc) is 2.34. The van der Waals surface area contributed by atoms with E-state index in [9.17, 15) is 15.2 Å². The largest absolute Gasteiger partial charge is 0.391 e. The fraction of sp³-hybridized carbons (Fsp3) is 0.500. The van der Waals surface area contributed by atoms with Crippen LogP contribution in [0.1, 0.15) is 37.8 Å². The van der Waals surface area contributed by atoms with Crippen LogP contribution in [0.2, 0.25) is 5.02 Å². The lowest BCUT2D eigenvalue weighted by Crippen LogP contribution is -2.26. The average molecular weight is 309 g/mol. The Morgan fingerprint density at radius 2 is 2.16 bits per heavy atom. The van der Waals surface area contributed by atoms with Gasteiger partial charge in [-0.2, -0.15) is 0 Å². The highest BCUT2D eigenvalue weighted by Gasteiger charge is 2.24. The van der Waals surface area contributed by atoms with Gasteiger partial charge in [0.2, 0.25) is 0 Å². The lowest BCUT2D eigenvalue weighted by atomic mass is 9.97. The molecule has 19 heavy (non-hydrogen) atoms. The first-order valence-electron chi connectivity index (χ1n) is 5.84. The van der Waals surface area contributed by atoms with E-state index in [2.05, 4.69) is 0 Å². The molecule has 108 valence electrons. The van der Waals surface area contributed by atoms with Crippen LogP contribution in [-0.4, -0.2) is 16.1 Å². The SMILES string of the molecule is CCCC[C@H](O)[C@H](N)c1cc(Cl)ccc1[N+](=O)[O-].Cl. The minimum Gasteiger partial charge on any atom is -0.391 e. The van der Waals surface area contributed by atoms with Gasteiger partial charge in [0.25, 0.3) is 5.69 Å². The van der Waals surface area contributed by atoms with Gasteiger partial charge in [-0.25, -0.2) is 0 Å². The molecule has 0 amide bonds. The van der Waals surface area contributed by atoms with E-state index in [0.717, 1.165) is 12.8 Å². The number of rotatable bonds is 6. The van der Waals surface area contributed by atoms with Crippen molar-refractivity contribution in [2.75, 3.05) is 0 Å². The van der Waals surface area contributed by atoms with Gasteiger partial charge in [-0.1, -0.05) is 31.4 Å². The zero-order valence-corrected chi connectivity index (χ0v) is 12.2. The Bertz CT molecular complexity index is 429. The summed E-state index contributed by atoms with van der Waals surface area (Å²) in [5, 5.41) is 21.2. The van der Waals surface area contributed by atoms with E-state index < -0.39 is 17.1 Å². The van der Waals surface area contributed by atoms with Crippen molar-refractivity contribution in [3.8, 4) is 0 Å². The number of halogens is 2. The van der Waals surface area contributed by atoms with E-state index in [-0.39, 0.29) is 23.7 Å². The van der Waals surface area contributed by atoms with Gasteiger partial charge < -0.3 is 10.8 Å². The maximum absolute atomic E-state index is 10.9. The molecule has 1 rings (SSSR count). The topological polar surface area (TPSA) is 89.4 Å². The van der Waals surface area contributed by atoms with Gasteiger partial charge in [0, 0.05) is 11.1 Å². The first-order valence-corrected chi connectivity index (χ1v) is 6.22. The highest BCUT2D eigenvalue weighted by atomic mass is 35.5. The number of benzene rings is 1. The maximum atomic E-state index is 10.9. The summed E-state index contributed by atoms with van der Waals surface area (Å²) in [4.78, 5) is 10.4. The monoisotopic (exact) mass is 308 g/mol. The standard InChI is InChI=1S/C12H17ClN2O3.ClH/c1-2-3-4-11(16)12(14)9-7-8(13)5-6-10(9)15(17)18;/h5-7,11-12,16H,2-4,14H2,1H3;1H/t11-,12+;/m0./s1. The molecule has 1 aromatic carbocycles. The molecule has 0 aromatic heterocycles. The molecule has 0 bridgehead atoms. The second-order valence-corrected chi connectivity index (χ2v) is 4.63. The molecule has 0 radical (unpaired) electrons. The van der Waals surface area contributed by atoms with Crippen LogP contribution in [0.25, 0.3) is 0 Å². The lowest BCUT2D eigenvalue weighted by Gasteiger charge is -2.19. The Balaban J connectivity index is 0.00000324. The van der Waals surface area contributed by atoms with Crippen LogP contribution in [0.4, 0.5) is 5.69 Å². The molecule has 0 aliphatic rings. The molecule has 0 unspecified atom stereocenters. The number of aliphatic hydroxyl groups excluding tert-OH is 1. The van der Waals surface area contributed by atoms with E-state index in [4.69, 9.17) is 17.3 Å². The van der Waals surface area contributed by atoms with Crippen molar-refractivity contribution in [3.05, 3.63) is 38.9 Å². The van der Waals surface area contributed by atoms with Gasteiger partial charge >= 0.3 is 0 Å². The molecule has 5 nitrogen and oxygen atoms in total. The third kappa shape index (κ3) is 4.95. The lowest BCUT2D eigenvalue weighted by molar-refractivity contribution is -0.385. The van der Waals surface area contributed by atoms with Gasteiger partial charge in [-0.05, 0) is 18.6 Å². The van der Waals surface area contributed by atoms with Gasteiger partial charge in [0.1, 0.15) is 0 Å². The number of unbranched alkanes of at least 4 members (excludes halogenated alkanes) is 1. The second-order valence-electron chi connectivity index (χ2n) is 4.20. The van der Waals surface area contributed by atoms with Crippen molar-refractivity contribution in [1.29, 1.82) is 0 Å². The molecule has 1 aromatic rings. The Morgan fingerprint density at radius 3 is 2.68 bits per heavy atom. The van der Waals surface area contributed by atoms with Gasteiger partial charge in [0.15, 0.2) is 0 Å². The van der Waals surface area contributed by atoms with Crippen LogP contribution in [0.15, 0.2) is 18.2 Å². The van der Waals surface area contributed by atoms with Crippen LogP contribution in [-0.2, 0) is 0 Å². The number of hydrogen-bond acceptors (Lipinski definition) is 4. The molecule has 0 saturated carbocycles. The highest BCUT2D eigenvalue weighted by molar-refractivity contribution is 6.30. The predicted octanol–water partition coefficient (Wildman–Crippen LogP) is 3.22. The molecule has 0 aliphatic carbocycles. The van der Waals surface area contributed by atoms with E-state index in [1.54, 1.807) is 0 Å². The Kier molecular flexibility index (Phi) is 7.94. The van der Waals surface area contributed by atoms with Crippen LogP contribution < -0.4 is 5.73 Å². The number of nitrogens with two attached hydrogens (primary N) is 1. The third-order valence-corrected chi connectivity index (χ3v) is 3.05. The number of nitro benzene ring substituents is 1. The van der Waals surface area contributed by atoms with Crippen LogP contribution >= 0.6 is 24.0 Å². The van der Waals surface area contributed by atoms with Crippen molar-refractivity contribution in [1.82, 2.24) is 0 Å². The maximum Gasteiger partial charge on any atom is 0.274 e. The summed E-state index contributed by atoms with van der Waals surface area (Å²) < 4.78 is 0. The summed E-state index contributed by atoms with van der Waals surface area (Å²) in [5.41, 5.74) is 6.04. The van der Waals surface area contributed by atoms with Crippen LogP contribution in [0, 0.1) is 10.1 Å². The third-order valence-electron chi connectivity index (χ3n) is 2.81. The summed E-state index contributed by atoms with van der Waals surface area (Å²) in [5.74, 6) is 0. The fourth-order valence-corrected chi connectivity index (χ4v) is 1.94. The summed E-state index contributed by atoms with van der Waals surface area (Å²) in [6.45, 7) is 2.00. The highest BCUT2D eigenvalue weighted by Crippen LogP contribution is 2.29. The summed E-state index contributed by atoms with van der Waals surface area (Å²) in [7, 11) is 0. The Morgan fingerprint density at radius 1 is 1.53 bits per heavy atom. The molecule has 0 heterocycles. The minimum atomic E-state index is -0.804. The molecular formula is C12H18Cl2N2O3. The normalized spacial score (nSPS) is 13.5. The second kappa shape index (κ2) is 8.32. The van der Waals surface area contributed by atoms with E-state index in [1.165, 1.54) is 18.2 Å². The van der Waals surface area contributed by atoms with Gasteiger partial charge in [-0.15, -0.1) is 12.4 Å². The van der Waals surface area contributed by atoms with Gasteiger partial charge in [0.05, 0.1) is 22.6 Å². The van der Waals surface area contributed by atoms with Crippen LogP contribution in [0.5, 0.6) is 0 Å². The number of nitrogens with zero attached hydrogens (tertiary/aromatic N) is 1. The van der Waals surface area contributed by atoms with E-state index in [1.807, 2.05) is 6.92 Å². The summed E-state index contributed by atoms with van der Waals surface area (Å²) in [6, 6.07) is 3.40. The van der Waals surface area contributed by atoms with E-state index in [0.29, 0.717) is 11.4 Å². The number of nitro groups is 1. The zero-order chi connectivity index (χ0) is 13.7. The van der Waals surface area contributed by atoms with Crippen molar-refractivity contribution < 1.29 is 10.0 Å². The van der Waals surface area contributed by atoms with Gasteiger partial charge in [-0.3, -0.25) is 10.1 Å². The molecule has 0 spiro atoms. The first kappa shape index (κ1) is 18.1. The molecule has 2 atom stereocenters. The van der Waals surface area contributed by atoms with Crippen molar-refractivity contribution in [3.63, 3.8) is 0 Å². The molecule has 0 saturated heterocycles. The first-order chi connectivity index (χ1) is 8.47. The van der Waals surface area contributed by atoms with Crippen molar-refractivity contribution in [2.45, 2.75) is 38.3 Å². The Labute approximate surface area is 123 Å². The molecule has 3 N–H and O–H groups in total. The quantitative estimate of drug-likeness (QED) is 0.623. The Hall–Kier alpha value is -0.880. The molecule has 7 heteroatoms. The summed E-state index contributed by atoms with van der Waals surface area (Å²) in [6.07, 6.45) is 1.47. The van der Waals surface area contributed by atoms with Crippen molar-refractivity contribution >= 4 is 29.7 Å². The zero-order valence-electron chi connectivity index (χ0n) is 10.6. The molecule has 0 aliphatic heterocycles. The molecular weight excluding hydrogens is 291 g/mol. The minimum absolute atomic E-state index is 0.